The highest BCUT2D eigenvalue weighted by molar-refractivity contribution is 14.0. The molecule has 0 radical (unpaired) electrons. The van der Waals surface area contributed by atoms with E-state index in [2.05, 4.69) is 37.5 Å². The highest BCUT2D eigenvalue weighted by Crippen LogP contribution is 2.15. The van der Waals surface area contributed by atoms with Gasteiger partial charge in [-0.25, -0.2) is 0 Å². The summed E-state index contributed by atoms with van der Waals surface area (Å²) in [6, 6.07) is 4.10. The van der Waals surface area contributed by atoms with E-state index in [1.54, 1.807) is 7.11 Å². The number of rotatable bonds is 8. The van der Waals surface area contributed by atoms with Crippen molar-refractivity contribution in [2.45, 2.75) is 19.4 Å². The summed E-state index contributed by atoms with van der Waals surface area (Å²) in [5, 5.41) is 6.84. The summed E-state index contributed by atoms with van der Waals surface area (Å²) >= 11 is 0. The molecule has 1 saturated heterocycles. The van der Waals surface area contributed by atoms with Crippen molar-refractivity contribution in [1.82, 2.24) is 20.1 Å². The van der Waals surface area contributed by atoms with Gasteiger partial charge in [0.05, 0.1) is 6.61 Å². The molecule has 0 bridgehead atoms. The van der Waals surface area contributed by atoms with Crippen LogP contribution >= 0.6 is 24.0 Å². The van der Waals surface area contributed by atoms with Crippen molar-refractivity contribution in [3.05, 3.63) is 24.5 Å². The molecule has 1 aliphatic heterocycles. The molecule has 1 fully saturated rings. The fourth-order valence-electron chi connectivity index (χ4n) is 2.92. The number of hydrogen-bond acceptors (Lipinski definition) is 3. The zero-order valence-electron chi connectivity index (χ0n) is 14.9. The Morgan fingerprint density at radius 3 is 2.50 bits per heavy atom. The molecule has 7 heteroatoms. The van der Waals surface area contributed by atoms with Gasteiger partial charge in [-0.15, -0.1) is 24.0 Å². The first-order chi connectivity index (χ1) is 11.3. The Labute approximate surface area is 163 Å². The van der Waals surface area contributed by atoms with Gasteiger partial charge in [0.15, 0.2) is 5.96 Å². The van der Waals surface area contributed by atoms with Crippen molar-refractivity contribution < 1.29 is 4.74 Å². The molecular formula is C17H32IN5O. The Morgan fingerprint density at radius 1 is 1.17 bits per heavy atom. The largest absolute Gasteiger partial charge is 0.383 e. The number of hydrogen-bond donors (Lipinski definition) is 2. The molecule has 0 aliphatic carbocycles. The predicted molar refractivity (Wildman–Crippen MR) is 110 cm³/mol. The Bertz CT molecular complexity index is 444. The van der Waals surface area contributed by atoms with Gasteiger partial charge in [0.2, 0.25) is 0 Å². The molecule has 0 aromatic carbocycles. The predicted octanol–water partition coefficient (Wildman–Crippen LogP) is 1.63. The Balaban J connectivity index is 0.00000288. The average molecular weight is 449 g/mol. The van der Waals surface area contributed by atoms with Crippen molar-refractivity contribution in [3.63, 3.8) is 0 Å². The van der Waals surface area contributed by atoms with E-state index in [-0.39, 0.29) is 24.0 Å². The molecule has 138 valence electrons. The number of ether oxygens (including phenoxy) is 1. The lowest BCUT2D eigenvalue weighted by atomic mass is 9.97. The summed E-state index contributed by atoms with van der Waals surface area (Å²) in [4.78, 5) is 6.80. The summed E-state index contributed by atoms with van der Waals surface area (Å²) in [6.07, 6.45) is 6.65. The number of aliphatic imine (C=N–C) groups is 1. The average Bonchev–Trinajstić information content (AvgIpc) is 3.10. The molecule has 1 aromatic rings. The van der Waals surface area contributed by atoms with Gasteiger partial charge in [-0.05, 0) is 44.0 Å². The van der Waals surface area contributed by atoms with E-state index in [0.717, 1.165) is 44.7 Å². The normalized spacial score (nSPS) is 16.7. The number of guanidine groups is 1. The minimum absolute atomic E-state index is 0. The Morgan fingerprint density at radius 2 is 1.88 bits per heavy atom. The number of likely N-dealkylation sites (tertiary alicyclic amines) is 1. The number of nitrogens with one attached hydrogen (secondary N) is 2. The van der Waals surface area contributed by atoms with Crippen LogP contribution in [0, 0.1) is 5.92 Å². The zero-order valence-corrected chi connectivity index (χ0v) is 17.2. The topological polar surface area (TPSA) is 53.8 Å². The number of halogens is 1. The standard InChI is InChI=1S/C17H31N5O.HI/c1-18-17(19-7-12-21-8-3-4-9-21)20-15-16-5-10-22(11-6-16)13-14-23-2;/h3-4,8-9,16H,5-7,10-15H2,1-2H3,(H2,18,19,20);1H. The Hall–Kier alpha value is -0.800. The van der Waals surface area contributed by atoms with E-state index in [1.165, 1.54) is 25.9 Å². The maximum Gasteiger partial charge on any atom is 0.191 e. The molecule has 1 aliphatic rings. The van der Waals surface area contributed by atoms with Gasteiger partial charge in [-0.2, -0.15) is 0 Å². The molecule has 2 heterocycles. The van der Waals surface area contributed by atoms with Gasteiger partial charge in [-0.3, -0.25) is 4.99 Å². The first kappa shape index (κ1) is 21.2. The second kappa shape index (κ2) is 12.5. The second-order valence-electron chi connectivity index (χ2n) is 6.08. The molecule has 0 saturated carbocycles. The molecule has 0 spiro atoms. The highest BCUT2D eigenvalue weighted by Gasteiger charge is 2.18. The lowest BCUT2D eigenvalue weighted by molar-refractivity contribution is 0.121. The van der Waals surface area contributed by atoms with E-state index in [4.69, 9.17) is 4.74 Å². The second-order valence-corrected chi connectivity index (χ2v) is 6.08. The highest BCUT2D eigenvalue weighted by atomic mass is 127. The molecule has 2 N–H and O–H groups in total. The molecule has 2 rings (SSSR count). The van der Waals surface area contributed by atoms with Gasteiger partial charge in [0, 0.05) is 52.7 Å². The van der Waals surface area contributed by atoms with Gasteiger partial charge in [0.25, 0.3) is 0 Å². The van der Waals surface area contributed by atoms with Gasteiger partial charge in [-0.1, -0.05) is 0 Å². The van der Waals surface area contributed by atoms with Crippen LogP contribution in [0.1, 0.15) is 12.8 Å². The van der Waals surface area contributed by atoms with Crippen LogP contribution in [0.2, 0.25) is 0 Å². The first-order valence-corrected chi connectivity index (χ1v) is 8.58. The van der Waals surface area contributed by atoms with Crippen LogP contribution in [0.5, 0.6) is 0 Å². The fraction of sp³-hybridized carbons (Fsp3) is 0.706. The molecule has 6 nitrogen and oxygen atoms in total. The van der Waals surface area contributed by atoms with Crippen molar-refractivity contribution in [2.24, 2.45) is 10.9 Å². The quantitative estimate of drug-likeness (QED) is 0.360. The van der Waals surface area contributed by atoms with Crippen molar-refractivity contribution in [3.8, 4) is 0 Å². The van der Waals surface area contributed by atoms with Crippen LogP contribution in [0.15, 0.2) is 29.5 Å². The molecular weight excluding hydrogens is 417 g/mol. The van der Waals surface area contributed by atoms with E-state index < -0.39 is 0 Å². The van der Waals surface area contributed by atoms with Gasteiger partial charge >= 0.3 is 0 Å². The lowest BCUT2D eigenvalue weighted by Crippen LogP contribution is -2.43. The third kappa shape index (κ3) is 7.85. The zero-order chi connectivity index (χ0) is 16.3. The summed E-state index contributed by atoms with van der Waals surface area (Å²) < 4.78 is 7.31. The van der Waals surface area contributed by atoms with E-state index in [9.17, 15) is 0 Å². The summed E-state index contributed by atoms with van der Waals surface area (Å²) in [5.41, 5.74) is 0. The monoisotopic (exact) mass is 449 g/mol. The maximum absolute atomic E-state index is 5.15. The van der Waals surface area contributed by atoms with E-state index in [1.807, 2.05) is 19.2 Å². The first-order valence-electron chi connectivity index (χ1n) is 8.58. The van der Waals surface area contributed by atoms with Crippen LogP contribution in [0.25, 0.3) is 0 Å². The third-order valence-corrected chi connectivity index (χ3v) is 4.43. The smallest absolute Gasteiger partial charge is 0.191 e. The minimum Gasteiger partial charge on any atom is -0.383 e. The van der Waals surface area contributed by atoms with E-state index >= 15 is 0 Å². The summed E-state index contributed by atoms with van der Waals surface area (Å²) in [7, 11) is 3.60. The van der Waals surface area contributed by atoms with Crippen molar-refractivity contribution in [1.29, 1.82) is 0 Å². The maximum atomic E-state index is 5.15. The number of nitrogens with zero attached hydrogens (tertiary/aromatic N) is 3. The van der Waals surface area contributed by atoms with Gasteiger partial charge in [0.1, 0.15) is 0 Å². The van der Waals surface area contributed by atoms with Crippen molar-refractivity contribution in [2.75, 3.05) is 53.5 Å². The van der Waals surface area contributed by atoms with E-state index in [0.29, 0.717) is 0 Å². The molecule has 0 unspecified atom stereocenters. The van der Waals surface area contributed by atoms with Crippen LogP contribution in [0.3, 0.4) is 0 Å². The Kier molecular flexibility index (Phi) is 11.1. The van der Waals surface area contributed by atoms with Crippen LogP contribution in [0.4, 0.5) is 0 Å². The van der Waals surface area contributed by atoms with Crippen LogP contribution in [-0.4, -0.2) is 68.9 Å². The molecule has 1 aromatic heterocycles. The molecule has 0 atom stereocenters. The molecule has 24 heavy (non-hydrogen) atoms. The number of methoxy groups -OCH3 is 1. The van der Waals surface area contributed by atoms with Gasteiger partial charge < -0.3 is 24.8 Å². The van der Waals surface area contributed by atoms with Crippen LogP contribution < -0.4 is 10.6 Å². The summed E-state index contributed by atoms with van der Waals surface area (Å²) in [6.45, 7) is 7.07. The SMILES string of the molecule is CN=C(NCCn1cccc1)NCC1CCN(CCOC)CC1.I. The summed E-state index contributed by atoms with van der Waals surface area (Å²) in [5.74, 6) is 1.63. The lowest BCUT2D eigenvalue weighted by Gasteiger charge is -2.32. The number of piperidine rings is 1. The number of aromatic nitrogens is 1. The van der Waals surface area contributed by atoms with Crippen molar-refractivity contribution >= 4 is 29.9 Å². The van der Waals surface area contributed by atoms with Crippen LogP contribution in [-0.2, 0) is 11.3 Å². The minimum atomic E-state index is 0. The fourth-order valence-corrected chi connectivity index (χ4v) is 2.92. The molecule has 0 amide bonds. The third-order valence-electron chi connectivity index (χ3n) is 4.43.